The fourth-order valence-electron chi connectivity index (χ4n) is 1.57. The molecule has 1 aliphatic rings. The number of carbonyl (C=O) groups excluding carboxylic acids is 1. The zero-order valence-electron chi connectivity index (χ0n) is 9.21. The molecule has 1 saturated heterocycles. The molecule has 0 radical (unpaired) electrons. The van der Waals surface area contributed by atoms with Gasteiger partial charge >= 0.3 is 0 Å². The molecule has 1 fully saturated rings. The molecule has 1 amide bonds. The summed E-state index contributed by atoms with van der Waals surface area (Å²) in [5.74, 6) is 0.691. The molecule has 0 aliphatic carbocycles. The highest BCUT2D eigenvalue weighted by Gasteiger charge is 2.16. The molecule has 0 aromatic heterocycles. The van der Waals surface area contributed by atoms with Crippen LogP contribution in [0.4, 0.5) is 0 Å². The van der Waals surface area contributed by atoms with Crippen LogP contribution in [0.25, 0.3) is 0 Å². The van der Waals surface area contributed by atoms with Gasteiger partial charge in [-0.3, -0.25) is 4.79 Å². The average Bonchev–Trinajstić information content (AvgIpc) is 2.63. The normalized spacial score (nSPS) is 21.5. The third-order valence-corrected chi connectivity index (χ3v) is 2.42. The van der Waals surface area contributed by atoms with Crippen LogP contribution in [0.1, 0.15) is 39.5 Å². The summed E-state index contributed by atoms with van der Waals surface area (Å²) in [6, 6.07) is 0. The Hall–Kier alpha value is -0.570. The van der Waals surface area contributed by atoms with Gasteiger partial charge in [0.15, 0.2) is 0 Å². The van der Waals surface area contributed by atoms with Crippen molar-refractivity contribution < 1.29 is 9.53 Å². The molecule has 0 bridgehead atoms. The summed E-state index contributed by atoms with van der Waals surface area (Å²) in [5, 5.41) is 2.91. The first-order valence-corrected chi connectivity index (χ1v) is 5.57. The minimum absolute atomic E-state index is 0.161. The molecule has 1 aliphatic heterocycles. The summed E-state index contributed by atoms with van der Waals surface area (Å²) >= 11 is 0. The zero-order valence-corrected chi connectivity index (χ0v) is 9.21. The van der Waals surface area contributed by atoms with Crippen LogP contribution >= 0.6 is 0 Å². The van der Waals surface area contributed by atoms with Crippen molar-refractivity contribution in [2.24, 2.45) is 5.92 Å². The molecule has 1 heterocycles. The molecule has 3 nitrogen and oxygen atoms in total. The fraction of sp³-hybridized carbons (Fsp3) is 0.909. The van der Waals surface area contributed by atoms with Crippen molar-refractivity contribution in [3.63, 3.8) is 0 Å². The van der Waals surface area contributed by atoms with E-state index in [-0.39, 0.29) is 5.91 Å². The third-order valence-electron chi connectivity index (χ3n) is 2.42. The van der Waals surface area contributed by atoms with Crippen molar-refractivity contribution in [3.8, 4) is 0 Å². The molecule has 1 N–H and O–H groups in total. The maximum atomic E-state index is 11.3. The number of carbonyl (C=O) groups is 1. The molecule has 1 atom stereocenters. The van der Waals surface area contributed by atoms with Crippen molar-refractivity contribution in [2.45, 2.75) is 45.6 Å². The van der Waals surface area contributed by atoms with Crippen LogP contribution < -0.4 is 5.32 Å². The summed E-state index contributed by atoms with van der Waals surface area (Å²) in [6.07, 6.45) is 4.09. The Bertz CT molecular complexity index is 174. The smallest absolute Gasteiger partial charge is 0.220 e. The second kappa shape index (κ2) is 6.02. The summed E-state index contributed by atoms with van der Waals surface area (Å²) in [7, 11) is 0. The SMILES string of the molecule is CC(C)CNC(=O)CC[C@H]1CCCO1. The summed E-state index contributed by atoms with van der Waals surface area (Å²) < 4.78 is 5.45. The lowest BCUT2D eigenvalue weighted by Gasteiger charge is -2.10. The molecule has 0 saturated carbocycles. The van der Waals surface area contributed by atoms with Crippen LogP contribution in [0.15, 0.2) is 0 Å². The molecule has 0 unspecified atom stereocenters. The largest absolute Gasteiger partial charge is 0.378 e. The van der Waals surface area contributed by atoms with E-state index in [0.29, 0.717) is 18.4 Å². The highest BCUT2D eigenvalue weighted by atomic mass is 16.5. The highest BCUT2D eigenvalue weighted by molar-refractivity contribution is 5.75. The van der Waals surface area contributed by atoms with Crippen LogP contribution in [0.2, 0.25) is 0 Å². The standard InChI is InChI=1S/C11H21NO2/c1-9(2)8-12-11(13)6-5-10-4-3-7-14-10/h9-10H,3-8H2,1-2H3,(H,12,13)/t10-/m1/s1. The summed E-state index contributed by atoms with van der Waals surface area (Å²) in [5.41, 5.74) is 0. The van der Waals surface area contributed by atoms with Gasteiger partial charge in [0.2, 0.25) is 5.91 Å². The van der Waals surface area contributed by atoms with Gasteiger partial charge in [-0.1, -0.05) is 13.8 Å². The second-order valence-electron chi connectivity index (χ2n) is 4.37. The maximum Gasteiger partial charge on any atom is 0.220 e. The van der Waals surface area contributed by atoms with Gasteiger partial charge in [0.25, 0.3) is 0 Å². The van der Waals surface area contributed by atoms with Crippen molar-refractivity contribution >= 4 is 5.91 Å². The van der Waals surface area contributed by atoms with Gasteiger partial charge in [-0.25, -0.2) is 0 Å². The molecule has 0 spiro atoms. The van der Waals surface area contributed by atoms with Gasteiger partial charge in [0.1, 0.15) is 0 Å². The number of hydrogen-bond acceptors (Lipinski definition) is 2. The van der Waals surface area contributed by atoms with Gasteiger partial charge in [-0.2, -0.15) is 0 Å². The van der Waals surface area contributed by atoms with E-state index in [0.717, 1.165) is 32.4 Å². The lowest BCUT2D eigenvalue weighted by molar-refractivity contribution is -0.121. The Balaban J connectivity index is 2.02. The molecule has 0 aromatic rings. The van der Waals surface area contributed by atoms with Gasteiger partial charge in [-0.15, -0.1) is 0 Å². The van der Waals surface area contributed by atoms with Gasteiger partial charge in [0, 0.05) is 19.6 Å². The molecular formula is C11H21NO2. The quantitative estimate of drug-likeness (QED) is 0.732. The number of nitrogens with one attached hydrogen (secondary N) is 1. The Morgan fingerprint density at radius 2 is 2.36 bits per heavy atom. The van der Waals surface area contributed by atoms with Crippen LogP contribution in [0, 0.1) is 5.92 Å². The molecule has 1 rings (SSSR count). The van der Waals surface area contributed by atoms with E-state index in [1.165, 1.54) is 0 Å². The van der Waals surface area contributed by atoms with E-state index >= 15 is 0 Å². The van der Waals surface area contributed by atoms with E-state index < -0.39 is 0 Å². The van der Waals surface area contributed by atoms with Crippen molar-refractivity contribution in [1.82, 2.24) is 5.32 Å². The minimum Gasteiger partial charge on any atom is -0.378 e. The van der Waals surface area contributed by atoms with Crippen LogP contribution in [0.3, 0.4) is 0 Å². The first kappa shape index (κ1) is 11.5. The average molecular weight is 199 g/mol. The Morgan fingerprint density at radius 3 is 2.93 bits per heavy atom. The minimum atomic E-state index is 0.161. The Kier molecular flexibility index (Phi) is 4.94. The maximum absolute atomic E-state index is 11.3. The van der Waals surface area contributed by atoms with E-state index in [4.69, 9.17) is 4.74 Å². The van der Waals surface area contributed by atoms with E-state index in [1.807, 2.05) is 0 Å². The lowest BCUT2D eigenvalue weighted by atomic mass is 10.1. The fourth-order valence-corrected chi connectivity index (χ4v) is 1.57. The van der Waals surface area contributed by atoms with Crippen LogP contribution in [0.5, 0.6) is 0 Å². The third kappa shape index (κ3) is 4.61. The monoisotopic (exact) mass is 199 g/mol. The van der Waals surface area contributed by atoms with Crippen molar-refractivity contribution in [2.75, 3.05) is 13.2 Å². The van der Waals surface area contributed by atoms with E-state index in [1.54, 1.807) is 0 Å². The van der Waals surface area contributed by atoms with Crippen LogP contribution in [-0.2, 0) is 9.53 Å². The first-order chi connectivity index (χ1) is 6.68. The van der Waals surface area contributed by atoms with Crippen LogP contribution in [-0.4, -0.2) is 25.2 Å². The predicted octanol–water partition coefficient (Wildman–Crippen LogP) is 1.72. The predicted molar refractivity (Wildman–Crippen MR) is 56.1 cm³/mol. The van der Waals surface area contributed by atoms with E-state index in [2.05, 4.69) is 19.2 Å². The first-order valence-electron chi connectivity index (χ1n) is 5.57. The number of rotatable bonds is 5. The molecule has 82 valence electrons. The zero-order chi connectivity index (χ0) is 10.4. The van der Waals surface area contributed by atoms with Gasteiger partial charge < -0.3 is 10.1 Å². The molecule has 14 heavy (non-hydrogen) atoms. The van der Waals surface area contributed by atoms with Crippen molar-refractivity contribution in [1.29, 1.82) is 0 Å². The number of ether oxygens (including phenoxy) is 1. The summed E-state index contributed by atoms with van der Waals surface area (Å²) in [4.78, 5) is 11.3. The lowest BCUT2D eigenvalue weighted by Crippen LogP contribution is -2.27. The Labute approximate surface area is 86.2 Å². The molecule has 3 heteroatoms. The topological polar surface area (TPSA) is 38.3 Å². The Morgan fingerprint density at radius 1 is 1.57 bits per heavy atom. The number of amides is 1. The van der Waals surface area contributed by atoms with Gasteiger partial charge in [-0.05, 0) is 25.2 Å². The number of hydrogen-bond donors (Lipinski definition) is 1. The summed E-state index contributed by atoms with van der Waals surface area (Å²) in [6.45, 7) is 5.85. The van der Waals surface area contributed by atoms with E-state index in [9.17, 15) is 4.79 Å². The molecule has 0 aromatic carbocycles. The highest BCUT2D eigenvalue weighted by Crippen LogP contribution is 2.16. The van der Waals surface area contributed by atoms with Crippen molar-refractivity contribution in [3.05, 3.63) is 0 Å². The molecular weight excluding hydrogens is 178 g/mol. The van der Waals surface area contributed by atoms with Gasteiger partial charge in [0.05, 0.1) is 6.10 Å². The second-order valence-corrected chi connectivity index (χ2v) is 4.37.